The van der Waals surface area contributed by atoms with E-state index in [4.69, 9.17) is 5.73 Å². The van der Waals surface area contributed by atoms with Crippen molar-refractivity contribution in [2.45, 2.75) is 6.54 Å². The van der Waals surface area contributed by atoms with E-state index in [1.165, 1.54) is 12.1 Å². The maximum Gasteiger partial charge on any atom is 0.270 e. The molecule has 1 heterocycles. The van der Waals surface area contributed by atoms with Gasteiger partial charge in [0.1, 0.15) is 0 Å². The minimum Gasteiger partial charge on any atom is -0.397 e. The number of nitro groups is 1. The number of benzene rings is 4. The van der Waals surface area contributed by atoms with Crippen molar-refractivity contribution in [2.24, 2.45) is 0 Å². The van der Waals surface area contributed by atoms with Crippen LogP contribution >= 0.6 is 0 Å². The fourth-order valence-corrected chi connectivity index (χ4v) is 3.92. The average molecular weight is 463 g/mol. The van der Waals surface area contributed by atoms with Crippen LogP contribution in [0, 0.1) is 10.1 Å². The number of carbonyl (C=O) groups is 1. The molecule has 172 valence electrons. The topological polar surface area (TPSA) is 116 Å². The fourth-order valence-electron chi connectivity index (χ4n) is 3.92. The molecule has 0 spiro atoms. The Hall–Kier alpha value is -4.98. The number of aromatic nitrogens is 2. The van der Waals surface area contributed by atoms with Gasteiger partial charge in [-0.25, -0.2) is 0 Å². The minimum atomic E-state index is -0.425. The van der Waals surface area contributed by atoms with E-state index >= 15 is 0 Å². The van der Waals surface area contributed by atoms with E-state index in [-0.39, 0.29) is 11.6 Å². The number of hydrogen-bond donors (Lipinski definition) is 2. The molecule has 4 aromatic carbocycles. The summed E-state index contributed by atoms with van der Waals surface area (Å²) in [5.41, 5.74) is 11.4. The maximum atomic E-state index is 12.9. The van der Waals surface area contributed by atoms with E-state index in [0.29, 0.717) is 28.9 Å². The van der Waals surface area contributed by atoms with Crippen LogP contribution in [0.15, 0.2) is 97.2 Å². The Bertz CT molecular complexity index is 1540. The van der Waals surface area contributed by atoms with E-state index in [9.17, 15) is 14.9 Å². The normalized spacial score (nSPS) is 10.9. The van der Waals surface area contributed by atoms with Gasteiger partial charge in [0.15, 0.2) is 0 Å². The van der Waals surface area contributed by atoms with Gasteiger partial charge in [-0.2, -0.15) is 5.10 Å². The number of nitro benzene ring substituents is 1. The number of rotatable bonds is 6. The molecule has 0 fully saturated rings. The third-order valence-electron chi connectivity index (χ3n) is 5.79. The zero-order chi connectivity index (χ0) is 24.4. The highest BCUT2D eigenvalue weighted by molar-refractivity contribution is 6.06. The van der Waals surface area contributed by atoms with Crippen LogP contribution in [0.5, 0.6) is 0 Å². The van der Waals surface area contributed by atoms with Crippen LogP contribution in [0.1, 0.15) is 15.9 Å². The molecule has 0 bridgehead atoms. The summed E-state index contributed by atoms with van der Waals surface area (Å²) in [6.45, 7) is 0.468. The third kappa shape index (κ3) is 4.58. The lowest BCUT2D eigenvalue weighted by atomic mass is 10.0. The van der Waals surface area contributed by atoms with Gasteiger partial charge in [-0.05, 0) is 47.0 Å². The van der Waals surface area contributed by atoms with E-state index in [0.717, 1.165) is 22.2 Å². The van der Waals surface area contributed by atoms with Gasteiger partial charge in [0.25, 0.3) is 11.6 Å². The second kappa shape index (κ2) is 9.11. The largest absolute Gasteiger partial charge is 0.397 e. The molecule has 0 saturated carbocycles. The van der Waals surface area contributed by atoms with Gasteiger partial charge in [0.05, 0.1) is 34.6 Å². The minimum absolute atomic E-state index is 0.0300. The number of nitrogens with one attached hydrogen (secondary N) is 1. The predicted molar refractivity (Wildman–Crippen MR) is 136 cm³/mol. The summed E-state index contributed by atoms with van der Waals surface area (Å²) in [7, 11) is 0. The van der Waals surface area contributed by atoms with Crippen LogP contribution in [-0.4, -0.2) is 20.6 Å². The molecule has 35 heavy (non-hydrogen) atoms. The number of non-ortho nitro benzene ring substituents is 1. The fraction of sp³-hybridized carbons (Fsp3) is 0.0370. The zero-order valence-electron chi connectivity index (χ0n) is 18.6. The molecule has 8 heteroatoms. The molecule has 0 radical (unpaired) electrons. The molecule has 3 N–H and O–H groups in total. The van der Waals surface area contributed by atoms with Crippen LogP contribution < -0.4 is 11.1 Å². The first-order valence-corrected chi connectivity index (χ1v) is 10.9. The first-order chi connectivity index (χ1) is 17.0. The van der Waals surface area contributed by atoms with Crippen molar-refractivity contribution >= 4 is 33.9 Å². The SMILES string of the molecule is Nc1ccc(-c2ccccc2)cc1NC(=O)c1ccc(Cn2ncc3cc([N+](=O)[O-])ccc32)cc1. The average Bonchev–Trinajstić information content (AvgIpc) is 3.28. The number of nitrogens with two attached hydrogens (primary N) is 1. The van der Waals surface area contributed by atoms with E-state index < -0.39 is 4.92 Å². The highest BCUT2D eigenvalue weighted by atomic mass is 16.6. The van der Waals surface area contributed by atoms with E-state index in [1.807, 2.05) is 54.6 Å². The van der Waals surface area contributed by atoms with Crippen molar-refractivity contribution in [3.05, 3.63) is 118 Å². The summed E-state index contributed by atoms with van der Waals surface area (Å²) in [6.07, 6.45) is 1.61. The third-order valence-corrected chi connectivity index (χ3v) is 5.79. The maximum absolute atomic E-state index is 12.9. The van der Waals surface area contributed by atoms with Crippen molar-refractivity contribution in [3.8, 4) is 11.1 Å². The van der Waals surface area contributed by atoms with E-state index in [1.54, 1.807) is 35.1 Å². The number of amides is 1. The molecule has 0 aliphatic rings. The number of nitrogens with zero attached hydrogens (tertiary/aromatic N) is 3. The molecule has 5 aromatic rings. The van der Waals surface area contributed by atoms with Gasteiger partial charge in [0.2, 0.25) is 0 Å². The van der Waals surface area contributed by atoms with E-state index in [2.05, 4.69) is 10.4 Å². The number of carbonyl (C=O) groups excluding carboxylic acids is 1. The monoisotopic (exact) mass is 463 g/mol. The summed E-state index contributed by atoms with van der Waals surface area (Å²) in [5.74, 6) is -0.259. The molecule has 0 unspecified atom stereocenters. The molecule has 0 atom stereocenters. The van der Waals surface area contributed by atoms with Gasteiger partial charge in [-0.3, -0.25) is 19.6 Å². The zero-order valence-corrected chi connectivity index (χ0v) is 18.6. The number of anilines is 2. The number of nitrogen functional groups attached to an aromatic ring is 1. The quantitative estimate of drug-likeness (QED) is 0.196. The Morgan fingerprint density at radius 1 is 0.943 bits per heavy atom. The van der Waals surface area contributed by atoms with Crippen molar-refractivity contribution in [2.75, 3.05) is 11.1 Å². The molecule has 5 rings (SSSR count). The highest BCUT2D eigenvalue weighted by Crippen LogP contribution is 2.28. The summed E-state index contributed by atoms with van der Waals surface area (Å²) in [6, 6.07) is 27.3. The Balaban J connectivity index is 1.31. The Kier molecular flexibility index (Phi) is 5.68. The lowest BCUT2D eigenvalue weighted by Crippen LogP contribution is -2.13. The second-order valence-electron chi connectivity index (χ2n) is 8.12. The Morgan fingerprint density at radius 2 is 1.71 bits per heavy atom. The van der Waals surface area contributed by atoms with Crippen molar-refractivity contribution in [1.82, 2.24) is 9.78 Å². The van der Waals surface area contributed by atoms with Crippen molar-refractivity contribution < 1.29 is 9.72 Å². The molecule has 1 aromatic heterocycles. The second-order valence-corrected chi connectivity index (χ2v) is 8.12. The molecule has 1 amide bonds. The Labute approximate surface area is 200 Å². The summed E-state index contributed by atoms with van der Waals surface area (Å²) in [5, 5.41) is 18.9. The molecular formula is C27H21N5O3. The van der Waals surface area contributed by atoms with Crippen LogP contribution in [0.25, 0.3) is 22.0 Å². The molecule has 0 saturated heterocycles. The molecular weight excluding hydrogens is 442 g/mol. The van der Waals surface area contributed by atoms with Gasteiger partial charge >= 0.3 is 0 Å². The van der Waals surface area contributed by atoms with Crippen molar-refractivity contribution in [1.29, 1.82) is 0 Å². The first kappa shape index (κ1) is 21.8. The number of hydrogen-bond acceptors (Lipinski definition) is 5. The van der Waals surface area contributed by atoms with Gasteiger partial charge < -0.3 is 11.1 Å². The summed E-state index contributed by atoms with van der Waals surface area (Å²) < 4.78 is 1.77. The summed E-state index contributed by atoms with van der Waals surface area (Å²) in [4.78, 5) is 23.4. The molecule has 8 nitrogen and oxygen atoms in total. The van der Waals surface area contributed by atoms with Gasteiger partial charge in [-0.15, -0.1) is 0 Å². The summed E-state index contributed by atoms with van der Waals surface area (Å²) >= 11 is 0. The lowest BCUT2D eigenvalue weighted by molar-refractivity contribution is -0.384. The smallest absolute Gasteiger partial charge is 0.270 e. The Morgan fingerprint density at radius 3 is 2.46 bits per heavy atom. The van der Waals surface area contributed by atoms with Gasteiger partial charge in [-0.1, -0.05) is 48.5 Å². The number of fused-ring (bicyclic) bond motifs is 1. The lowest BCUT2D eigenvalue weighted by Gasteiger charge is -2.11. The van der Waals surface area contributed by atoms with Gasteiger partial charge in [0, 0.05) is 23.1 Å². The van der Waals surface area contributed by atoms with Crippen LogP contribution in [0.2, 0.25) is 0 Å². The van der Waals surface area contributed by atoms with Crippen LogP contribution in [0.3, 0.4) is 0 Å². The van der Waals surface area contributed by atoms with Crippen LogP contribution in [0.4, 0.5) is 17.1 Å². The van der Waals surface area contributed by atoms with Crippen molar-refractivity contribution in [3.63, 3.8) is 0 Å². The standard InChI is InChI=1S/C27H21N5O3/c28-24-12-10-21(19-4-2-1-3-5-19)15-25(24)30-27(33)20-8-6-18(7-9-20)17-31-26-13-11-23(32(34)35)14-22(26)16-29-31/h1-16H,17,28H2,(H,30,33). The highest BCUT2D eigenvalue weighted by Gasteiger charge is 2.12. The van der Waals surface area contributed by atoms with Crippen LogP contribution in [-0.2, 0) is 6.54 Å². The molecule has 0 aliphatic carbocycles. The first-order valence-electron chi connectivity index (χ1n) is 10.9. The predicted octanol–water partition coefficient (Wildman–Crippen LogP) is 5.49. The molecule has 0 aliphatic heterocycles.